The lowest BCUT2D eigenvalue weighted by Crippen LogP contribution is -2.49. The molecule has 2 aromatic heterocycles. The standard InChI is InChI=1S/C24H30N4O/c29-24(28-16-3-6-18-5-1-2-7-22(18)28)20-9-10-23(26-17-20)27-15-4-8-21(27)19-11-13-25-14-12-19/h9-14,17-18,21-22H,1-8,15-16H2. The Morgan fingerprint density at radius 3 is 2.52 bits per heavy atom. The molecule has 3 atom stereocenters. The Labute approximate surface area is 173 Å². The van der Waals surface area contributed by atoms with Crippen molar-refractivity contribution < 1.29 is 4.79 Å². The van der Waals surface area contributed by atoms with Gasteiger partial charge in [-0.3, -0.25) is 9.78 Å². The zero-order valence-electron chi connectivity index (χ0n) is 17.0. The quantitative estimate of drug-likeness (QED) is 0.768. The second-order valence-electron chi connectivity index (χ2n) is 8.79. The first-order valence-corrected chi connectivity index (χ1v) is 11.2. The van der Waals surface area contributed by atoms with E-state index in [-0.39, 0.29) is 5.91 Å². The number of amides is 1. The van der Waals surface area contributed by atoms with Crippen molar-refractivity contribution in [2.75, 3.05) is 18.0 Å². The second kappa shape index (κ2) is 8.13. The number of carbonyl (C=O) groups is 1. The van der Waals surface area contributed by atoms with Gasteiger partial charge in [-0.25, -0.2) is 4.98 Å². The fourth-order valence-corrected chi connectivity index (χ4v) is 5.70. The summed E-state index contributed by atoms with van der Waals surface area (Å²) in [6, 6.07) is 9.00. The molecular formula is C24H30N4O. The van der Waals surface area contributed by atoms with Gasteiger partial charge < -0.3 is 9.80 Å². The molecule has 1 amide bonds. The van der Waals surface area contributed by atoms with Crippen LogP contribution < -0.4 is 4.90 Å². The van der Waals surface area contributed by atoms with Gasteiger partial charge in [-0.2, -0.15) is 0 Å². The fourth-order valence-electron chi connectivity index (χ4n) is 5.70. The summed E-state index contributed by atoms with van der Waals surface area (Å²) in [4.78, 5) is 26.6. The van der Waals surface area contributed by atoms with Crippen molar-refractivity contribution in [3.05, 3.63) is 54.0 Å². The highest BCUT2D eigenvalue weighted by molar-refractivity contribution is 5.94. The summed E-state index contributed by atoms with van der Waals surface area (Å²) >= 11 is 0. The van der Waals surface area contributed by atoms with E-state index in [1.165, 1.54) is 37.7 Å². The third-order valence-electron chi connectivity index (χ3n) is 7.14. The van der Waals surface area contributed by atoms with Crippen molar-refractivity contribution in [2.45, 2.75) is 63.5 Å². The maximum absolute atomic E-state index is 13.2. The molecule has 4 heterocycles. The predicted molar refractivity (Wildman–Crippen MR) is 114 cm³/mol. The van der Waals surface area contributed by atoms with Crippen molar-refractivity contribution >= 4 is 11.7 Å². The van der Waals surface area contributed by atoms with Crippen molar-refractivity contribution in [1.82, 2.24) is 14.9 Å². The molecule has 3 unspecified atom stereocenters. The van der Waals surface area contributed by atoms with Crippen molar-refractivity contribution in [2.24, 2.45) is 5.92 Å². The topological polar surface area (TPSA) is 49.3 Å². The Hall–Kier alpha value is -2.43. The molecule has 0 spiro atoms. The molecular weight excluding hydrogens is 360 g/mol. The Balaban J connectivity index is 1.33. The predicted octanol–water partition coefficient (Wildman–Crippen LogP) is 4.61. The molecule has 3 fully saturated rings. The van der Waals surface area contributed by atoms with E-state index in [2.05, 4.69) is 26.9 Å². The van der Waals surface area contributed by atoms with E-state index >= 15 is 0 Å². The van der Waals surface area contributed by atoms with Crippen LogP contribution in [0.2, 0.25) is 0 Å². The Morgan fingerprint density at radius 2 is 1.69 bits per heavy atom. The van der Waals surface area contributed by atoms with Crippen LogP contribution in [0, 0.1) is 5.92 Å². The molecule has 3 aliphatic rings. The summed E-state index contributed by atoms with van der Waals surface area (Å²) in [7, 11) is 0. The minimum atomic E-state index is 0.174. The summed E-state index contributed by atoms with van der Waals surface area (Å²) in [5, 5.41) is 0. The molecule has 5 nitrogen and oxygen atoms in total. The van der Waals surface area contributed by atoms with Crippen LogP contribution in [-0.2, 0) is 0 Å². The highest BCUT2D eigenvalue weighted by Crippen LogP contribution is 2.37. The fraction of sp³-hybridized carbons (Fsp3) is 0.542. The molecule has 2 aliphatic heterocycles. The number of anilines is 1. The summed E-state index contributed by atoms with van der Waals surface area (Å²) in [6.45, 7) is 1.90. The summed E-state index contributed by atoms with van der Waals surface area (Å²) in [5.74, 6) is 1.85. The number of hydrogen-bond donors (Lipinski definition) is 0. The molecule has 5 heteroatoms. The third kappa shape index (κ3) is 3.63. The highest BCUT2D eigenvalue weighted by atomic mass is 16.2. The zero-order valence-corrected chi connectivity index (χ0v) is 17.0. The molecule has 2 saturated heterocycles. The molecule has 2 aromatic rings. The Kier molecular flexibility index (Phi) is 5.21. The Bertz CT molecular complexity index is 836. The highest BCUT2D eigenvalue weighted by Gasteiger charge is 2.36. The molecule has 0 bridgehead atoms. The molecule has 152 valence electrons. The zero-order chi connectivity index (χ0) is 19.6. The maximum atomic E-state index is 13.2. The van der Waals surface area contributed by atoms with E-state index in [9.17, 15) is 4.79 Å². The third-order valence-corrected chi connectivity index (χ3v) is 7.14. The van der Waals surface area contributed by atoms with Gasteiger partial charge in [0.15, 0.2) is 0 Å². The van der Waals surface area contributed by atoms with Crippen LogP contribution in [0.25, 0.3) is 0 Å². The van der Waals surface area contributed by atoms with E-state index in [0.717, 1.165) is 43.7 Å². The average molecular weight is 391 g/mol. The van der Waals surface area contributed by atoms with E-state index < -0.39 is 0 Å². The number of carbonyl (C=O) groups excluding carboxylic acids is 1. The van der Waals surface area contributed by atoms with Gasteiger partial charge in [0.05, 0.1) is 11.6 Å². The number of likely N-dealkylation sites (tertiary alicyclic amines) is 1. The van der Waals surface area contributed by atoms with Gasteiger partial charge in [0.1, 0.15) is 5.82 Å². The number of aromatic nitrogens is 2. The van der Waals surface area contributed by atoms with Gasteiger partial charge in [-0.1, -0.05) is 12.8 Å². The minimum Gasteiger partial charge on any atom is -0.350 e. The SMILES string of the molecule is O=C(c1ccc(N2CCCC2c2ccncc2)nc1)N1CCCC2CCCCC21. The molecule has 1 saturated carbocycles. The Morgan fingerprint density at radius 1 is 0.897 bits per heavy atom. The first-order chi connectivity index (χ1) is 14.3. The van der Waals surface area contributed by atoms with Crippen LogP contribution in [0.4, 0.5) is 5.82 Å². The molecule has 29 heavy (non-hydrogen) atoms. The van der Waals surface area contributed by atoms with Crippen LogP contribution in [0.3, 0.4) is 0 Å². The van der Waals surface area contributed by atoms with E-state index in [1.807, 2.05) is 24.5 Å². The maximum Gasteiger partial charge on any atom is 0.255 e. The number of piperidine rings is 1. The van der Waals surface area contributed by atoms with Crippen LogP contribution in [0.15, 0.2) is 42.9 Å². The van der Waals surface area contributed by atoms with Gasteiger partial charge >= 0.3 is 0 Å². The van der Waals surface area contributed by atoms with Gasteiger partial charge in [-0.05, 0) is 74.3 Å². The lowest BCUT2D eigenvalue weighted by molar-refractivity contribution is 0.0390. The van der Waals surface area contributed by atoms with Gasteiger partial charge in [0.25, 0.3) is 5.91 Å². The average Bonchev–Trinajstić information content (AvgIpc) is 3.29. The van der Waals surface area contributed by atoms with E-state index in [4.69, 9.17) is 4.98 Å². The molecule has 0 radical (unpaired) electrons. The monoisotopic (exact) mass is 390 g/mol. The summed E-state index contributed by atoms with van der Waals surface area (Å²) in [6.07, 6.45) is 15.3. The molecule has 1 aliphatic carbocycles. The number of hydrogen-bond acceptors (Lipinski definition) is 4. The van der Waals surface area contributed by atoms with Crippen LogP contribution in [0.5, 0.6) is 0 Å². The van der Waals surface area contributed by atoms with Crippen molar-refractivity contribution in [3.8, 4) is 0 Å². The normalized spacial score (nSPS) is 27.0. The smallest absolute Gasteiger partial charge is 0.255 e. The number of fused-ring (bicyclic) bond motifs is 1. The van der Waals surface area contributed by atoms with Crippen LogP contribution in [-0.4, -0.2) is 39.9 Å². The largest absolute Gasteiger partial charge is 0.350 e. The number of nitrogens with zero attached hydrogens (tertiary/aromatic N) is 4. The molecule has 0 N–H and O–H groups in total. The molecule has 5 rings (SSSR count). The lowest BCUT2D eigenvalue weighted by atomic mass is 9.78. The van der Waals surface area contributed by atoms with Crippen LogP contribution >= 0.6 is 0 Å². The molecule has 0 aromatic carbocycles. The number of pyridine rings is 2. The van der Waals surface area contributed by atoms with Gasteiger partial charge in [-0.15, -0.1) is 0 Å². The second-order valence-corrected chi connectivity index (χ2v) is 8.79. The minimum absolute atomic E-state index is 0.174. The first kappa shape index (κ1) is 18.6. The van der Waals surface area contributed by atoms with Crippen molar-refractivity contribution in [1.29, 1.82) is 0 Å². The summed E-state index contributed by atoms with van der Waals surface area (Å²) < 4.78 is 0. The first-order valence-electron chi connectivity index (χ1n) is 11.2. The van der Waals surface area contributed by atoms with Gasteiger partial charge in [0, 0.05) is 37.7 Å². The lowest BCUT2D eigenvalue weighted by Gasteiger charge is -2.44. The van der Waals surface area contributed by atoms with Crippen molar-refractivity contribution in [3.63, 3.8) is 0 Å². The van der Waals surface area contributed by atoms with E-state index in [0.29, 0.717) is 18.0 Å². The van der Waals surface area contributed by atoms with Crippen LogP contribution in [0.1, 0.15) is 73.3 Å². The van der Waals surface area contributed by atoms with E-state index in [1.54, 1.807) is 6.20 Å². The number of rotatable bonds is 3. The van der Waals surface area contributed by atoms with Gasteiger partial charge in [0.2, 0.25) is 0 Å². The summed E-state index contributed by atoms with van der Waals surface area (Å²) in [5.41, 5.74) is 2.02.